The molecule has 2 heterocycles. The number of nitrogens with two attached hydrogens (primary N) is 1. The van der Waals surface area contributed by atoms with E-state index in [1.807, 2.05) is 44.3 Å². The summed E-state index contributed by atoms with van der Waals surface area (Å²) in [5.41, 5.74) is 9.19. The van der Waals surface area contributed by atoms with Gasteiger partial charge in [-0.1, -0.05) is 18.2 Å². The number of aromatic nitrogens is 2. The van der Waals surface area contributed by atoms with Gasteiger partial charge in [-0.25, -0.2) is 0 Å². The minimum atomic E-state index is -0.288. The Morgan fingerprint density at radius 2 is 2.17 bits per heavy atom. The van der Waals surface area contributed by atoms with E-state index in [0.29, 0.717) is 0 Å². The Balaban J connectivity index is 2.10. The molecule has 0 radical (unpaired) electrons. The highest BCUT2D eigenvalue weighted by Crippen LogP contribution is 2.28. The van der Waals surface area contributed by atoms with Gasteiger partial charge in [0.15, 0.2) is 0 Å². The van der Waals surface area contributed by atoms with Crippen LogP contribution < -0.4 is 5.73 Å². The third-order valence-electron chi connectivity index (χ3n) is 3.24. The van der Waals surface area contributed by atoms with Gasteiger partial charge in [0.2, 0.25) is 0 Å². The fourth-order valence-corrected chi connectivity index (χ4v) is 2.22. The van der Waals surface area contributed by atoms with Gasteiger partial charge in [0.1, 0.15) is 17.4 Å². The van der Waals surface area contributed by atoms with Gasteiger partial charge in [0.25, 0.3) is 0 Å². The summed E-state index contributed by atoms with van der Waals surface area (Å²) in [6, 6.07) is 9.71. The summed E-state index contributed by atoms with van der Waals surface area (Å²) in [5.74, 6) is 0.767. The average Bonchev–Trinajstić information content (AvgIpc) is 2.95. The zero-order valence-corrected chi connectivity index (χ0v) is 10.4. The molecule has 2 aromatic heterocycles. The molecular weight excluding hydrogens is 226 g/mol. The third-order valence-corrected chi connectivity index (χ3v) is 3.24. The van der Waals surface area contributed by atoms with E-state index in [1.54, 1.807) is 10.9 Å². The van der Waals surface area contributed by atoms with Crippen LogP contribution in [0, 0.1) is 6.92 Å². The second-order valence-electron chi connectivity index (χ2n) is 4.50. The zero-order valence-electron chi connectivity index (χ0n) is 10.4. The lowest BCUT2D eigenvalue weighted by atomic mass is 10.1. The van der Waals surface area contributed by atoms with E-state index in [-0.39, 0.29) is 6.04 Å². The molecule has 18 heavy (non-hydrogen) atoms. The second kappa shape index (κ2) is 3.99. The fraction of sp³-hybridized carbons (Fsp3) is 0.214. The second-order valence-corrected chi connectivity index (χ2v) is 4.50. The molecule has 0 fully saturated rings. The van der Waals surface area contributed by atoms with Crippen molar-refractivity contribution >= 4 is 11.0 Å². The van der Waals surface area contributed by atoms with Crippen LogP contribution in [0.2, 0.25) is 0 Å². The summed E-state index contributed by atoms with van der Waals surface area (Å²) in [7, 11) is 1.88. The van der Waals surface area contributed by atoms with Crippen molar-refractivity contribution in [2.75, 3.05) is 0 Å². The highest BCUT2D eigenvalue weighted by atomic mass is 16.3. The van der Waals surface area contributed by atoms with E-state index in [4.69, 9.17) is 10.2 Å². The summed E-state index contributed by atoms with van der Waals surface area (Å²) in [5, 5.41) is 5.22. The molecule has 3 aromatic rings. The molecule has 1 unspecified atom stereocenters. The summed E-state index contributed by atoms with van der Waals surface area (Å²) in [6.45, 7) is 2.03. The Bertz CT molecular complexity index is 696. The summed E-state index contributed by atoms with van der Waals surface area (Å²) < 4.78 is 7.64. The Morgan fingerprint density at radius 1 is 1.33 bits per heavy atom. The number of hydrogen-bond donors (Lipinski definition) is 1. The maximum atomic E-state index is 6.22. The van der Waals surface area contributed by atoms with Crippen molar-refractivity contribution in [3.05, 3.63) is 53.5 Å². The first-order valence-corrected chi connectivity index (χ1v) is 5.89. The van der Waals surface area contributed by atoms with Crippen molar-refractivity contribution in [3.63, 3.8) is 0 Å². The molecule has 0 saturated heterocycles. The maximum Gasteiger partial charge on any atom is 0.137 e. The molecule has 4 heteroatoms. The van der Waals surface area contributed by atoms with Crippen LogP contribution in [0.1, 0.15) is 23.1 Å². The van der Waals surface area contributed by atoms with Crippen molar-refractivity contribution in [1.29, 1.82) is 0 Å². The molecule has 0 bridgehead atoms. The monoisotopic (exact) mass is 241 g/mol. The van der Waals surface area contributed by atoms with Crippen LogP contribution in [0.25, 0.3) is 11.0 Å². The molecule has 0 spiro atoms. The molecule has 0 aliphatic heterocycles. The van der Waals surface area contributed by atoms with Crippen molar-refractivity contribution in [2.24, 2.45) is 12.8 Å². The van der Waals surface area contributed by atoms with Crippen molar-refractivity contribution in [3.8, 4) is 0 Å². The summed E-state index contributed by atoms with van der Waals surface area (Å²) >= 11 is 0. The van der Waals surface area contributed by atoms with Crippen LogP contribution in [0.3, 0.4) is 0 Å². The molecule has 2 N–H and O–H groups in total. The lowest BCUT2D eigenvalue weighted by molar-refractivity contribution is 0.508. The molecule has 1 aromatic carbocycles. The van der Waals surface area contributed by atoms with Gasteiger partial charge in [-0.3, -0.25) is 4.68 Å². The van der Waals surface area contributed by atoms with E-state index >= 15 is 0 Å². The molecule has 4 nitrogen and oxygen atoms in total. The van der Waals surface area contributed by atoms with Crippen LogP contribution in [-0.2, 0) is 7.05 Å². The number of furan rings is 1. The van der Waals surface area contributed by atoms with Crippen LogP contribution in [0.15, 0.2) is 40.9 Å². The number of rotatable bonds is 2. The number of para-hydroxylation sites is 1. The van der Waals surface area contributed by atoms with Crippen molar-refractivity contribution in [2.45, 2.75) is 13.0 Å². The minimum Gasteiger partial charge on any atom is -0.459 e. The summed E-state index contributed by atoms with van der Waals surface area (Å²) in [4.78, 5) is 0. The van der Waals surface area contributed by atoms with Gasteiger partial charge in [-0.15, -0.1) is 0 Å². The van der Waals surface area contributed by atoms with Crippen LogP contribution in [0.5, 0.6) is 0 Å². The molecule has 0 saturated carbocycles. The fourth-order valence-electron chi connectivity index (χ4n) is 2.22. The Morgan fingerprint density at radius 3 is 2.83 bits per heavy atom. The normalized spacial score (nSPS) is 13.1. The smallest absolute Gasteiger partial charge is 0.137 e. The lowest BCUT2D eigenvalue weighted by Crippen LogP contribution is -2.15. The van der Waals surface area contributed by atoms with Gasteiger partial charge in [-0.2, -0.15) is 5.10 Å². The highest BCUT2D eigenvalue weighted by molar-refractivity contribution is 5.81. The average molecular weight is 241 g/mol. The van der Waals surface area contributed by atoms with E-state index in [1.165, 1.54) is 0 Å². The van der Waals surface area contributed by atoms with E-state index in [0.717, 1.165) is 28.0 Å². The number of nitrogens with zero attached hydrogens (tertiary/aromatic N) is 2. The van der Waals surface area contributed by atoms with E-state index < -0.39 is 0 Å². The van der Waals surface area contributed by atoms with Crippen LogP contribution in [0.4, 0.5) is 0 Å². The zero-order chi connectivity index (χ0) is 12.7. The third kappa shape index (κ3) is 1.62. The standard InChI is InChI=1S/C14H15N3O/c1-9-4-3-5-10-8-12(18-14(9)10)13(15)11-6-7-16-17(11)2/h3-8,13H,15H2,1-2H3. The van der Waals surface area contributed by atoms with Gasteiger partial charge >= 0.3 is 0 Å². The Hall–Kier alpha value is -2.07. The highest BCUT2D eigenvalue weighted by Gasteiger charge is 2.17. The number of hydrogen-bond acceptors (Lipinski definition) is 3. The number of fused-ring (bicyclic) bond motifs is 1. The number of benzene rings is 1. The first-order chi connectivity index (χ1) is 8.66. The van der Waals surface area contributed by atoms with Gasteiger partial charge < -0.3 is 10.2 Å². The van der Waals surface area contributed by atoms with Crippen LogP contribution >= 0.6 is 0 Å². The molecule has 0 amide bonds. The van der Waals surface area contributed by atoms with Crippen molar-refractivity contribution in [1.82, 2.24) is 9.78 Å². The molecular formula is C14H15N3O. The van der Waals surface area contributed by atoms with E-state index in [2.05, 4.69) is 5.10 Å². The van der Waals surface area contributed by atoms with E-state index in [9.17, 15) is 0 Å². The van der Waals surface area contributed by atoms with Crippen molar-refractivity contribution < 1.29 is 4.42 Å². The first kappa shape index (κ1) is 11.0. The largest absolute Gasteiger partial charge is 0.459 e. The minimum absolute atomic E-state index is 0.288. The molecule has 92 valence electrons. The Kier molecular flexibility index (Phi) is 2.45. The molecule has 3 rings (SSSR count). The summed E-state index contributed by atoms with van der Waals surface area (Å²) in [6.07, 6.45) is 1.74. The predicted molar refractivity (Wildman–Crippen MR) is 70.2 cm³/mol. The SMILES string of the molecule is Cc1cccc2cc(C(N)c3ccnn3C)oc12. The Labute approximate surface area is 105 Å². The lowest BCUT2D eigenvalue weighted by Gasteiger charge is -2.08. The van der Waals surface area contributed by atoms with Gasteiger partial charge in [0.05, 0.1) is 5.69 Å². The molecule has 0 aliphatic rings. The topological polar surface area (TPSA) is 57.0 Å². The first-order valence-electron chi connectivity index (χ1n) is 5.89. The quantitative estimate of drug-likeness (QED) is 0.750. The van der Waals surface area contributed by atoms with Gasteiger partial charge in [0, 0.05) is 18.6 Å². The van der Waals surface area contributed by atoms with Gasteiger partial charge in [-0.05, 0) is 24.6 Å². The maximum absolute atomic E-state index is 6.22. The van der Waals surface area contributed by atoms with Crippen LogP contribution in [-0.4, -0.2) is 9.78 Å². The molecule has 1 atom stereocenters. The number of aryl methyl sites for hydroxylation is 2. The molecule has 0 aliphatic carbocycles. The predicted octanol–water partition coefficient (Wildman–Crippen LogP) is 2.52.